The second-order valence-electron chi connectivity index (χ2n) is 9.48. The van der Waals surface area contributed by atoms with Crippen molar-refractivity contribution >= 4 is 18.0 Å². The van der Waals surface area contributed by atoms with Crippen LogP contribution in [0.25, 0.3) is 11.1 Å². The number of carboxylic acids is 1. The number of alkyl carbamates (subject to hydrolysis) is 1. The molecule has 2 fully saturated rings. The van der Waals surface area contributed by atoms with E-state index in [0.717, 1.165) is 11.1 Å². The van der Waals surface area contributed by atoms with Gasteiger partial charge in [0.15, 0.2) is 0 Å². The third-order valence-electron chi connectivity index (χ3n) is 7.46. The summed E-state index contributed by atoms with van der Waals surface area (Å²) in [5.41, 5.74) is 3.55. The van der Waals surface area contributed by atoms with Crippen molar-refractivity contribution in [2.24, 2.45) is 11.8 Å². The Morgan fingerprint density at radius 1 is 1.09 bits per heavy atom. The zero-order chi connectivity index (χ0) is 23.2. The molecule has 0 aromatic heterocycles. The highest BCUT2D eigenvalue weighted by Crippen LogP contribution is 2.45. The molecule has 2 aromatic rings. The summed E-state index contributed by atoms with van der Waals surface area (Å²) in [7, 11) is 0. The molecule has 172 valence electrons. The predicted octanol–water partition coefficient (Wildman–Crippen LogP) is 3.63. The number of fused-ring (bicyclic) bond motifs is 3. The molecule has 2 amide bonds. The lowest BCUT2D eigenvalue weighted by Gasteiger charge is -2.31. The zero-order valence-corrected chi connectivity index (χ0v) is 18.6. The maximum atomic E-state index is 12.8. The molecule has 0 radical (unpaired) electrons. The maximum absolute atomic E-state index is 12.8. The van der Waals surface area contributed by atoms with E-state index < -0.39 is 17.6 Å². The van der Waals surface area contributed by atoms with Crippen molar-refractivity contribution < 1.29 is 24.2 Å². The van der Waals surface area contributed by atoms with Crippen molar-refractivity contribution in [3.05, 3.63) is 59.7 Å². The first-order chi connectivity index (χ1) is 15.9. The van der Waals surface area contributed by atoms with Gasteiger partial charge in [0.05, 0.1) is 0 Å². The minimum atomic E-state index is -1.12. The molecule has 3 aliphatic rings. The van der Waals surface area contributed by atoms with Crippen LogP contribution < -0.4 is 5.32 Å². The van der Waals surface area contributed by atoms with E-state index in [-0.39, 0.29) is 30.3 Å². The molecule has 1 saturated carbocycles. The highest BCUT2D eigenvalue weighted by atomic mass is 16.5. The topological polar surface area (TPSA) is 95.9 Å². The fraction of sp³-hybridized carbons (Fsp3) is 0.423. The minimum absolute atomic E-state index is 0.00210. The van der Waals surface area contributed by atoms with Crippen molar-refractivity contribution in [1.82, 2.24) is 10.2 Å². The molecule has 7 heteroatoms. The van der Waals surface area contributed by atoms with Crippen LogP contribution in [0, 0.1) is 11.8 Å². The van der Waals surface area contributed by atoms with Crippen molar-refractivity contribution in [1.29, 1.82) is 0 Å². The van der Waals surface area contributed by atoms with Crippen LogP contribution in [-0.2, 0) is 14.3 Å². The first kappa shape index (κ1) is 21.5. The molecule has 1 heterocycles. The highest BCUT2D eigenvalue weighted by molar-refractivity contribution is 5.90. The molecule has 3 atom stereocenters. The van der Waals surface area contributed by atoms with Crippen LogP contribution in [0.1, 0.15) is 43.2 Å². The second kappa shape index (κ2) is 8.21. The number of benzene rings is 2. The fourth-order valence-electron chi connectivity index (χ4n) is 5.38. The number of hydrogen-bond donors (Lipinski definition) is 2. The summed E-state index contributed by atoms with van der Waals surface area (Å²) in [6.45, 7) is 2.69. The van der Waals surface area contributed by atoms with E-state index in [1.807, 2.05) is 24.3 Å². The molecule has 0 spiro atoms. The fourth-order valence-corrected chi connectivity index (χ4v) is 5.38. The predicted molar refractivity (Wildman–Crippen MR) is 122 cm³/mol. The Balaban J connectivity index is 1.13. The smallest absolute Gasteiger partial charge is 0.407 e. The van der Waals surface area contributed by atoms with E-state index in [0.29, 0.717) is 32.4 Å². The molecular formula is C26H28N2O5. The van der Waals surface area contributed by atoms with Crippen molar-refractivity contribution in [3.63, 3.8) is 0 Å². The van der Waals surface area contributed by atoms with E-state index in [1.165, 1.54) is 16.0 Å². The largest absolute Gasteiger partial charge is 0.480 e. The monoisotopic (exact) mass is 448 g/mol. The third kappa shape index (κ3) is 3.75. The molecule has 0 bridgehead atoms. The van der Waals surface area contributed by atoms with Crippen LogP contribution in [0.5, 0.6) is 0 Å². The summed E-state index contributed by atoms with van der Waals surface area (Å²) in [4.78, 5) is 38.4. The van der Waals surface area contributed by atoms with Crippen LogP contribution in [-0.4, -0.2) is 53.2 Å². The molecule has 1 aliphatic heterocycles. The highest BCUT2D eigenvalue weighted by Gasteiger charge is 2.52. The lowest BCUT2D eigenvalue weighted by atomic mass is 9.98. The molecule has 33 heavy (non-hydrogen) atoms. The lowest BCUT2D eigenvalue weighted by Crippen LogP contribution is -2.51. The quantitative estimate of drug-likeness (QED) is 0.704. The number of likely N-dealkylation sites (tertiary alicyclic amines) is 1. The summed E-state index contributed by atoms with van der Waals surface area (Å²) < 4.78 is 5.55. The molecule has 2 unspecified atom stereocenters. The van der Waals surface area contributed by atoms with Gasteiger partial charge in [0.25, 0.3) is 0 Å². The number of rotatable bonds is 6. The first-order valence-corrected chi connectivity index (χ1v) is 11.5. The number of nitrogens with zero attached hydrogens (tertiary/aromatic N) is 1. The van der Waals surface area contributed by atoms with Gasteiger partial charge >= 0.3 is 12.1 Å². The molecule has 5 rings (SSSR count). The van der Waals surface area contributed by atoms with Crippen molar-refractivity contribution in [2.45, 2.75) is 37.6 Å². The van der Waals surface area contributed by atoms with Gasteiger partial charge in [-0.25, -0.2) is 9.59 Å². The van der Waals surface area contributed by atoms with Gasteiger partial charge < -0.3 is 20.1 Å². The molecule has 1 saturated heterocycles. The zero-order valence-electron chi connectivity index (χ0n) is 18.6. The number of carboxylic acid groups (broad SMARTS) is 1. The van der Waals surface area contributed by atoms with Crippen LogP contribution in [0.2, 0.25) is 0 Å². The lowest BCUT2D eigenvalue weighted by molar-refractivity contribution is -0.155. The number of nitrogens with one attached hydrogen (secondary N) is 1. The van der Waals surface area contributed by atoms with Gasteiger partial charge in [-0.2, -0.15) is 0 Å². The Bertz CT molecular complexity index is 1070. The van der Waals surface area contributed by atoms with Gasteiger partial charge in [-0.3, -0.25) is 4.79 Å². The Morgan fingerprint density at radius 3 is 2.36 bits per heavy atom. The van der Waals surface area contributed by atoms with E-state index in [9.17, 15) is 19.5 Å². The van der Waals surface area contributed by atoms with E-state index in [1.54, 1.807) is 6.92 Å². The Labute approximate surface area is 192 Å². The average Bonchev–Trinajstić information content (AvgIpc) is 3.38. The van der Waals surface area contributed by atoms with Gasteiger partial charge in [0.1, 0.15) is 12.1 Å². The minimum Gasteiger partial charge on any atom is -0.480 e. The summed E-state index contributed by atoms with van der Waals surface area (Å²) in [6.07, 6.45) is 1.34. The number of aliphatic carboxylic acids is 1. The Kier molecular flexibility index (Phi) is 5.35. The summed E-state index contributed by atoms with van der Waals surface area (Å²) in [5.74, 6) is -1.27. The maximum Gasteiger partial charge on any atom is 0.407 e. The van der Waals surface area contributed by atoms with Crippen LogP contribution in [0.3, 0.4) is 0 Å². The van der Waals surface area contributed by atoms with Gasteiger partial charge in [-0.1, -0.05) is 48.5 Å². The number of carbonyl (C=O) groups excluding carboxylic acids is 2. The SMILES string of the molecule is C[C@@]1(C(=O)O)CCCN1C(=O)C1CC1CNC(=O)OCC1c2ccccc2-c2ccccc21. The van der Waals surface area contributed by atoms with E-state index in [2.05, 4.69) is 29.6 Å². The van der Waals surface area contributed by atoms with Crippen LogP contribution >= 0.6 is 0 Å². The van der Waals surface area contributed by atoms with E-state index >= 15 is 0 Å². The summed E-state index contributed by atoms with van der Waals surface area (Å²) in [6, 6.07) is 16.4. The van der Waals surface area contributed by atoms with Gasteiger partial charge in [-0.05, 0) is 54.4 Å². The normalized spacial score (nSPS) is 25.3. The van der Waals surface area contributed by atoms with Crippen molar-refractivity contribution in [3.8, 4) is 11.1 Å². The van der Waals surface area contributed by atoms with Gasteiger partial charge in [0, 0.05) is 24.9 Å². The third-order valence-corrected chi connectivity index (χ3v) is 7.46. The molecule has 2 aromatic carbocycles. The van der Waals surface area contributed by atoms with Crippen LogP contribution in [0.4, 0.5) is 4.79 Å². The number of ether oxygens (including phenoxy) is 1. The first-order valence-electron chi connectivity index (χ1n) is 11.5. The number of amides is 2. The Morgan fingerprint density at radius 2 is 1.73 bits per heavy atom. The van der Waals surface area contributed by atoms with Gasteiger partial charge in [0.2, 0.25) is 5.91 Å². The number of carbonyl (C=O) groups is 3. The standard InChI is InChI=1S/C26H28N2O5/c1-26(24(30)31)11-6-12-28(26)23(29)21-13-16(21)14-27-25(32)33-15-22-19-9-4-2-7-17(19)18-8-3-5-10-20(18)22/h2-5,7-10,16,21-22H,6,11-15H2,1H3,(H,27,32)(H,30,31)/t16?,21?,26-/m0/s1. The van der Waals surface area contributed by atoms with Crippen molar-refractivity contribution in [2.75, 3.05) is 19.7 Å². The summed E-state index contributed by atoms with van der Waals surface area (Å²) in [5, 5.41) is 12.3. The Hall–Kier alpha value is -3.35. The van der Waals surface area contributed by atoms with Gasteiger partial charge in [-0.15, -0.1) is 0 Å². The number of hydrogen-bond acceptors (Lipinski definition) is 4. The summed E-state index contributed by atoms with van der Waals surface area (Å²) >= 11 is 0. The van der Waals surface area contributed by atoms with Crippen LogP contribution in [0.15, 0.2) is 48.5 Å². The second-order valence-corrected chi connectivity index (χ2v) is 9.48. The molecule has 2 aliphatic carbocycles. The molecular weight excluding hydrogens is 420 g/mol. The average molecular weight is 449 g/mol. The van der Waals surface area contributed by atoms with E-state index in [4.69, 9.17) is 4.74 Å². The molecule has 2 N–H and O–H groups in total. The molecule has 7 nitrogen and oxygen atoms in total.